The van der Waals surface area contributed by atoms with Gasteiger partial charge in [0.05, 0.1) is 42.5 Å². The number of ether oxygens (including phenoxy) is 1. The zero-order chi connectivity index (χ0) is 36.4. The summed E-state index contributed by atoms with van der Waals surface area (Å²) in [6, 6.07) is 21.0. The molecule has 4 aromatic carbocycles. The first-order valence-corrected chi connectivity index (χ1v) is 16.0. The van der Waals surface area contributed by atoms with E-state index in [0.29, 0.717) is 37.2 Å². The average molecular weight is 698 g/mol. The molecule has 5 rings (SSSR count). The van der Waals surface area contributed by atoms with E-state index in [0.717, 1.165) is 29.8 Å². The molecule has 0 saturated carbocycles. The van der Waals surface area contributed by atoms with Gasteiger partial charge in [-0.05, 0) is 92.5 Å². The smallest absolute Gasteiger partial charge is 0.416 e. The molecule has 0 saturated heterocycles. The number of aliphatic hydroxyl groups is 1. The van der Waals surface area contributed by atoms with Crippen molar-refractivity contribution in [2.24, 2.45) is 0 Å². The molecule has 1 atom stereocenters. The highest BCUT2D eigenvalue weighted by molar-refractivity contribution is 6.01. The second-order valence-corrected chi connectivity index (χ2v) is 12.3. The van der Waals surface area contributed by atoms with Crippen molar-refractivity contribution in [1.82, 2.24) is 9.80 Å². The topological polar surface area (TPSA) is 82.1 Å². The summed E-state index contributed by atoms with van der Waals surface area (Å²) >= 11 is 0. The molecule has 0 aromatic heterocycles. The highest BCUT2D eigenvalue weighted by atomic mass is 19.4. The molecule has 50 heavy (non-hydrogen) atoms. The van der Waals surface area contributed by atoms with Crippen LogP contribution in [0.25, 0.3) is 0 Å². The van der Waals surface area contributed by atoms with E-state index in [1.807, 2.05) is 26.2 Å². The molecule has 0 unspecified atom stereocenters. The first-order chi connectivity index (χ1) is 23.7. The second kappa shape index (κ2) is 17.2. The van der Waals surface area contributed by atoms with Crippen molar-refractivity contribution in [3.8, 4) is 5.75 Å². The number of carbonyl (C=O) groups is 2. The number of nitrogens with one attached hydrogen (secondary N) is 1. The summed E-state index contributed by atoms with van der Waals surface area (Å²) in [5, 5.41) is 12.1. The van der Waals surface area contributed by atoms with Gasteiger partial charge >= 0.3 is 6.18 Å². The zero-order valence-electron chi connectivity index (χ0n) is 28.1. The van der Waals surface area contributed by atoms with E-state index >= 15 is 0 Å². The first-order valence-electron chi connectivity index (χ1n) is 16.0. The van der Waals surface area contributed by atoms with Crippen LogP contribution in [0.2, 0.25) is 0 Å². The Morgan fingerprint density at radius 2 is 1.56 bits per heavy atom. The van der Waals surface area contributed by atoms with Crippen LogP contribution in [0.1, 0.15) is 51.5 Å². The Morgan fingerprint density at radius 3 is 2.18 bits per heavy atom. The predicted octanol–water partition coefficient (Wildman–Crippen LogP) is 7.11. The van der Waals surface area contributed by atoms with Crippen molar-refractivity contribution in [1.29, 1.82) is 0 Å². The monoisotopic (exact) mass is 697 g/mol. The van der Waals surface area contributed by atoms with Crippen LogP contribution in [0.5, 0.6) is 5.75 Å². The van der Waals surface area contributed by atoms with Crippen molar-refractivity contribution >= 4 is 17.5 Å². The lowest BCUT2D eigenvalue weighted by atomic mass is 10.0. The number of rotatable bonds is 9. The minimum atomic E-state index is -4.44. The summed E-state index contributed by atoms with van der Waals surface area (Å²) in [7, 11) is 4.05. The molecule has 1 heterocycles. The normalized spacial score (nSPS) is 13.7. The number of hydrogen-bond acceptors (Lipinski definition) is 5. The van der Waals surface area contributed by atoms with Gasteiger partial charge in [0.1, 0.15) is 0 Å². The van der Waals surface area contributed by atoms with Gasteiger partial charge in [0.25, 0.3) is 5.91 Å². The number of carbonyl (C=O) groups excluding carboxylic acids is 2. The fraction of sp³-hybridized carbons (Fsp3) is 0.316. The Labute approximate surface area is 288 Å². The van der Waals surface area contributed by atoms with E-state index in [9.17, 15) is 36.6 Å². The van der Waals surface area contributed by atoms with Crippen molar-refractivity contribution in [3.63, 3.8) is 0 Å². The third-order valence-corrected chi connectivity index (χ3v) is 7.93. The van der Waals surface area contributed by atoms with Crippen LogP contribution >= 0.6 is 0 Å². The SMILES string of the molecule is CN(C)Cc1ccc(Cc2ccc(F)c(F)c2)cc1.C[C@@H](CO)N1CCCOc2c(NC(=O)Cc3ccc(C(F)(F)F)cc3)cccc2C1=O. The van der Waals surface area contributed by atoms with Gasteiger partial charge in [0, 0.05) is 13.1 Å². The molecule has 0 fully saturated rings. The molecule has 2 N–H and O–H groups in total. The lowest BCUT2D eigenvalue weighted by Crippen LogP contribution is -2.42. The number of amides is 2. The minimum absolute atomic E-state index is 0.135. The van der Waals surface area contributed by atoms with Gasteiger partial charge in [0.15, 0.2) is 17.4 Å². The number of fused-ring (bicyclic) bond motifs is 1. The summed E-state index contributed by atoms with van der Waals surface area (Å²) in [6.07, 6.45) is -3.40. The summed E-state index contributed by atoms with van der Waals surface area (Å²) in [5.41, 5.74) is 3.32. The fourth-order valence-electron chi connectivity index (χ4n) is 5.35. The number of benzene rings is 4. The van der Waals surface area contributed by atoms with Crippen LogP contribution in [0, 0.1) is 11.6 Å². The Morgan fingerprint density at radius 1 is 0.920 bits per heavy atom. The number of hydrogen-bond donors (Lipinski definition) is 2. The van der Waals surface area contributed by atoms with E-state index in [4.69, 9.17) is 4.74 Å². The van der Waals surface area contributed by atoms with Crippen LogP contribution in [0.3, 0.4) is 0 Å². The minimum Gasteiger partial charge on any atom is -0.490 e. The molecule has 0 radical (unpaired) electrons. The van der Waals surface area contributed by atoms with Crippen molar-refractivity contribution in [2.75, 3.05) is 39.2 Å². The fourth-order valence-corrected chi connectivity index (χ4v) is 5.35. The maximum absolute atomic E-state index is 13.1. The van der Waals surface area contributed by atoms with Gasteiger partial charge in [-0.1, -0.05) is 48.5 Å². The standard InChI is InChI=1S/C22H23F3N2O4.C16H17F2N/c1-14(13-28)27-10-3-11-31-20-17(21(27)30)4-2-5-18(20)26-19(29)12-15-6-8-16(9-7-15)22(23,24)25;1-19(2)11-13-5-3-12(4-6-13)9-14-7-8-15(17)16(18)10-14/h2,4-9,14,28H,3,10-13H2,1H3,(H,26,29);3-8,10H,9,11H2,1-2H3/t14-;/m0./s1. The Balaban J connectivity index is 0.000000252. The van der Waals surface area contributed by atoms with Gasteiger partial charge in [0.2, 0.25) is 5.91 Å². The Hall–Kier alpha value is -4.81. The molecule has 2 amide bonds. The van der Waals surface area contributed by atoms with Crippen molar-refractivity contribution in [2.45, 2.75) is 44.9 Å². The number of nitrogens with zero attached hydrogens (tertiary/aromatic N) is 2. The molecular weight excluding hydrogens is 657 g/mol. The predicted molar refractivity (Wildman–Crippen MR) is 181 cm³/mol. The van der Waals surface area contributed by atoms with Crippen LogP contribution in [0.4, 0.5) is 27.6 Å². The Bertz CT molecular complexity index is 1750. The zero-order valence-corrected chi connectivity index (χ0v) is 28.1. The lowest BCUT2D eigenvalue weighted by Gasteiger charge is -2.31. The van der Waals surface area contributed by atoms with E-state index in [-0.39, 0.29) is 36.3 Å². The quantitative estimate of drug-likeness (QED) is 0.182. The maximum atomic E-state index is 13.1. The van der Waals surface area contributed by atoms with Crippen molar-refractivity contribution < 1.29 is 41.4 Å². The van der Waals surface area contributed by atoms with Crippen LogP contribution in [-0.4, -0.2) is 66.6 Å². The number of halogens is 5. The second-order valence-electron chi connectivity index (χ2n) is 12.3. The van der Waals surface area contributed by atoms with E-state index in [2.05, 4.69) is 22.3 Å². The first kappa shape index (κ1) is 38.0. The summed E-state index contributed by atoms with van der Waals surface area (Å²) in [4.78, 5) is 29.1. The molecule has 1 aliphatic rings. The molecule has 7 nitrogen and oxygen atoms in total. The molecule has 12 heteroatoms. The molecular formula is C38H40F5N3O4. The van der Waals surface area contributed by atoms with E-state index < -0.39 is 29.3 Å². The number of anilines is 1. The summed E-state index contributed by atoms with van der Waals surface area (Å²) in [6.45, 7) is 3.22. The Kier molecular flexibility index (Phi) is 13.1. The molecule has 0 spiro atoms. The molecule has 1 aliphatic heterocycles. The third-order valence-electron chi connectivity index (χ3n) is 7.93. The molecule has 0 aliphatic carbocycles. The molecule has 266 valence electrons. The molecule has 0 bridgehead atoms. The number of para-hydroxylation sites is 1. The van der Waals surface area contributed by atoms with Gasteiger partial charge < -0.3 is 25.0 Å². The molecule has 4 aromatic rings. The number of alkyl halides is 3. The highest BCUT2D eigenvalue weighted by Crippen LogP contribution is 2.33. The van der Waals surface area contributed by atoms with Gasteiger partial charge in [-0.2, -0.15) is 13.2 Å². The average Bonchev–Trinajstić information content (AvgIpc) is 3.06. The summed E-state index contributed by atoms with van der Waals surface area (Å²) in [5.74, 6) is -2.11. The maximum Gasteiger partial charge on any atom is 0.416 e. The summed E-state index contributed by atoms with van der Waals surface area (Å²) < 4.78 is 69.7. The largest absolute Gasteiger partial charge is 0.490 e. The van der Waals surface area contributed by atoms with Crippen LogP contribution < -0.4 is 10.1 Å². The highest BCUT2D eigenvalue weighted by Gasteiger charge is 2.30. The van der Waals surface area contributed by atoms with Crippen LogP contribution in [0.15, 0.2) is 84.9 Å². The van der Waals surface area contributed by atoms with Gasteiger partial charge in [-0.25, -0.2) is 8.78 Å². The lowest BCUT2D eigenvalue weighted by molar-refractivity contribution is -0.137. The van der Waals surface area contributed by atoms with Gasteiger partial charge in [-0.15, -0.1) is 0 Å². The number of aliphatic hydroxyl groups excluding tert-OH is 1. The third kappa shape index (κ3) is 10.6. The van der Waals surface area contributed by atoms with Gasteiger partial charge in [-0.3, -0.25) is 9.59 Å². The van der Waals surface area contributed by atoms with E-state index in [1.165, 1.54) is 29.8 Å². The van der Waals surface area contributed by atoms with Crippen LogP contribution in [-0.2, 0) is 30.4 Å². The van der Waals surface area contributed by atoms with Crippen molar-refractivity contribution in [3.05, 3.63) is 130 Å². The van der Waals surface area contributed by atoms with E-state index in [1.54, 1.807) is 36.1 Å².